The largest absolute Gasteiger partial charge is 0.337 e. The third-order valence-electron chi connectivity index (χ3n) is 4.38. The number of halogens is 1. The maximum Gasteiger partial charge on any atom is 0.242 e. The highest BCUT2D eigenvalue weighted by Gasteiger charge is 2.26. The molecule has 0 radical (unpaired) electrons. The smallest absolute Gasteiger partial charge is 0.242 e. The average molecular weight is 355 g/mol. The minimum atomic E-state index is -0.270. The molecule has 1 aliphatic heterocycles. The molecule has 1 fully saturated rings. The molecule has 0 unspecified atom stereocenters. The molecule has 25 heavy (non-hydrogen) atoms. The molecule has 0 aliphatic carbocycles. The molecule has 1 aromatic heterocycles. The molecule has 3 aromatic rings. The number of nitrogens with zero attached hydrogens (tertiary/aromatic N) is 3. The molecule has 2 heterocycles. The van der Waals surface area contributed by atoms with E-state index < -0.39 is 0 Å². The maximum absolute atomic E-state index is 13.3. The standard InChI is InChI=1S/C19H18FN3OS/c1-13-5-6-16-17(9-13)25-19(21-16)23-8-7-22(18(24)12-23)11-14-3-2-4-15(20)10-14/h2-6,9-10H,7-8,11-12H2,1H3. The first-order valence-corrected chi connectivity index (χ1v) is 9.04. The second-order valence-electron chi connectivity index (χ2n) is 6.33. The summed E-state index contributed by atoms with van der Waals surface area (Å²) in [6, 6.07) is 12.6. The second-order valence-corrected chi connectivity index (χ2v) is 7.34. The fourth-order valence-corrected chi connectivity index (χ4v) is 4.14. The van der Waals surface area contributed by atoms with Gasteiger partial charge >= 0.3 is 0 Å². The molecule has 1 aliphatic rings. The monoisotopic (exact) mass is 355 g/mol. The zero-order chi connectivity index (χ0) is 17.4. The van der Waals surface area contributed by atoms with Gasteiger partial charge in [-0.15, -0.1) is 0 Å². The summed E-state index contributed by atoms with van der Waals surface area (Å²) >= 11 is 1.62. The minimum Gasteiger partial charge on any atom is -0.337 e. The van der Waals surface area contributed by atoms with Gasteiger partial charge in [-0.25, -0.2) is 9.37 Å². The van der Waals surface area contributed by atoms with Gasteiger partial charge < -0.3 is 9.80 Å². The highest BCUT2D eigenvalue weighted by molar-refractivity contribution is 7.22. The lowest BCUT2D eigenvalue weighted by molar-refractivity contribution is -0.131. The van der Waals surface area contributed by atoms with Crippen molar-refractivity contribution in [3.8, 4) is 0 Å². The SMILES string of the molecule is Cc1ccc2nc(N3CCN(Cc4cccc(F)c4)C(=O)C3)sc2c1. The Hall–Kier alpha value is -2.47. The minimum absolute atomic E-state index is 0.0472. The van der Waals surface area contributed by atoms with Crippen LogP contribution in [0.1, 0.15) is 11.1 Å². The van der Waals surface area contributed by atoms with Crippen molar-refractivity contribution < 1.29 is 9.18 Å². The Morgan fingerprint density at radius 1 is 1.20 bits per heavy atom. The van der Waals surface area contributed by atoms with Gasteiger partial charge in [0.25, 0.3) is 0 Å². The van der Waals surface area contributed by atoms with E-state index in [1.165, 1.54) is 17.7 Å². The lowest BCUT2D eigenvalue weighted by Crippen LogP contribution is -2.50. The number of fused-ring (bicyclic) bond motifs is 1. The molecular weight excluding hydrogens is 337 g/mol. The summed E-state index contributed by atoms with van der Waals surface area (Å²) in [5.74, 6) is -0.223. The number of carbonyl (C=O) groups excluding carboxylic acids is 1. The molecule has 1 saturated heterocycles. The fourth-order valence-electron chi connectivity index (χ4n) is 3.05. The van der Waals surface area contributed by atoms with Crippen LogP contribution >= 0.6 is 11.3 Å². The third-order valence-corrected chi connectivity index (χ3v) is 5.46. The van der Waals surface area contributed by atoms with Gasteiger partial charge in [0.1, 0.15) is 5.82 Å². The molecule has 0 atom stereocenters. The predicted octanol–water partition coefficient (Wildman–Crippen LogP) is 3.59. The van der Waals surface area contributed by atoms with E-state index in [9.17, 15) is 9.18 Å². The van der Waals surface area contributed by atoms with Gasteiger partial charge in [-0.3, -0.25) is 4.79 Å². The molecule has 0 N–H and O–H groups in total. The Morgan fingerprint density at radius 2 is 2.08 bits per heavy atom. The number of anilines is 1. The molecule has 6 heteroatoms. The predicted molar refractivity (Wildman–Crippen MR) is 98.4 cm³/mol. The van der Waals surface area contributed by atoms with Crippen LogP contribution in [0.25, 0.3) is 10.2 Å². The van der Waals surface area contributed by atoms with Gasteiger partial charge in [0.15, 0.2) is 5.13 Å². The van der Waals surface area contributed by atoms with Gasteiger partial charge in [0.2, 0.25) is 5.91 Å². The molecule has 1 amide bonds. The van der Waals surface area contributed by atoms with E-state index in [1.807, 2.05) is 23.1 Å². The van der Waals surface area contributed by atoms with Crippen LogP contribution in [-0.4, -0.2) is 35.4 Å². The summed E-state index contributed by atoms with van der Waals surface area (Å²) in [6.07, 6.45) is 0. The molecule has 128 valence electrons. The number of aromatic nitrogens is 1. The summed E-state index contributed by atoms with van der Waals surface area (Å²) in [5.41, 5.74) is 3.00. The number of piperazine rings is 1. The zero-order valence-electron chi connectivity index (χ0n) is 13.9. The zero-order valence-corrected chi connectivity index (χ0v) is 14.7. The summed E-state index contributed by atoms with van der Waals surface area (Å²) in [6.45, 7) is 4.18. The lowest BCUT2D eigenvalue weighted by Gasteiger charge is -2.34. The number of carbonyl (C=O) groups is 1. The lowest BCUT2D eigenvalue weighted by atomic mass is 10.2. The van der Waals surface area contributed by atoms with Crippen LogP contribution in [0.5, 0.6) is 0 Å². The summed E-state index contributed by atoms with van der Waals surface area (Å²) < 4.78 is 14.5. The third kappa shape index (κ3) is 3.35. The number of aryl methyl sites for hydroxylation is 1. The van der Waals surface area contributed by atoms with Crippen LogP contribution < -0.4 is 4.90 Å². The first kappa shape index (κ1) is 16.0. The Balaban J connectivity index is 1.47. The first-order chi connectivity index (χ1) is 12.1. The van der Waals surface area contributed by atoms with Gasteiger partial charge in [-0.05, 0) is 42.3 Å². The highest BCUT2D eigenvalue weighted by Crippen LogP contribution is 2.30. The van der Waals surface area contributed by atoms with Crippen LogP contribution in [0.15, 0.2) is 42.5 Å². The molecular formula is C19H18FN3OS. The molecule has 0 bridgehead atoms. The van der Waals surface area contributed by atoms with Crippen molar-refractivity contribution in [2.75, 3.05) is 24.5 Å². The first-order valence-electron chi connectivity index (χ1n) is 8.23. The van der Waals surface area contributed by atoms with Gasteiger partial charge in [0, 0.05) is 19.6 Å². The Kier molecular flexibility index (Phi) is 4.13. The van der Waals surface area contributed by atoms with E-state index in [1.54, 1.807) is 22.3 Å². The van der Waals surface area contributed by atoms with Crippen molar-refractivity contribution in [3.05, 3.63) is 59.4 Å². The van der Waals surface area contributed by atoms with Crippen molar-refractivity contribution in [1.82, 2.24) is 9.88 Å². The quantitative estimate of drug-likeness (QED) is 0.720. The fraction of sp³-hybridized carbons (Fsp3) is 0.263. The Bertz CT molecular complexity index is 939. The van der Waals surface area contributed by atoms with E-state index in [4.69, 9.17) is 0 Å². The summed E-state index contributed by atoms with van der Waals surface area (Å²) in [7, 11) is 0. The molecule has 2 aromatic carbocycles. The van der Waals surface area contributed by atoms with E-state index in [-0.39, 0.29) is 11.7 Å². The Labute approximate surface area is 149 Å². The van der Waals surface area contributed by atoms with Crippen molar-refractivity contribution in [2.45, 2.75) is 13.5 Å². The van der Waals surface area contributed by atoms with Gasteiger partial charge in [0.05, 0.1) is 16.8 Å². The second kappa shape index (κ2) is 6.44. The van der Waals surface area contributed by atoms with Crippen LogP contribution in [0, 0.1) is 12.7 Å². The van der Waals surface area contributed by atoms with Gasteiger partial charge in [-0.2, -0.15) is 0 Å². The van der Waals surface area contributed by atoms with Crippen LogP contribution in [0.4, 0.5) is 9.52 Å². The van der Waals surface area contributed by atoms with Crippen LogP contribution in [0.2, 0.25) is 0 Å². The van der Waals surface area contributed by atoms with E-state index in [2.05, 4.69) is 18.0 Å². The number of rotatable bonds is 3. The number of hydrogen-bond acceptors (Lipinski definition) is 4. The topological polar surface area (TPSA) is 36.4 Å². The van der Waals surface area contributed by atoms with Crippen molar-refractivity contribution in [3.63, 3.8) is 0 Å². The number of hydrogen-bond donors (Lipinski definition) is 0. The molecule has 4 nitrogen and oxygen atoms in total. The average Bonchev–Trinajstić information content (AvgIpc) is 3.00. The van der Waals surface area contributed by atoms with Gasteiger partial charge in [-0.1, -0.05) is 29.5 Å². The van der Waals surface area contributed by atoms with E-state index >= 15 is 0 Å². The van der Waals surface area contributed by atoms with Crippen molar-refractivity contribution in [2.24, 2.45) is 0 Å². The summed E-state index contributed by atoms with van der Waals surface area (Å²) in [4.78, 5) is 21.0. The molecule has 4 rings (SSSR count). The van der Waals surface area contributed by atoms with Crippen molar-refractivity contribution in [1.29, 1.82) is 0 Å². The van der Waals surface area contributed by atoms with E-state index in [0.717, 1.165) is 27.5 Å². The molecule has 0 spiro atoms. The summed E-state index contributed by atoms with van der Waals surface area (Å²) in [5, 5.41) is 0.888. The highest BCUT2D eigenvalue weighted by atomic mass is 32.1. The van der Waals surface area contributed by atoms with E-state index in [0.29, 0.717) is 19.6 Å². The number of benzene rings is 2. The number of amides is 1. The maximum atomic E-state index is 13.3. The van der Waals surface area contributed by atoms with Crippen LogP contribution in [0.3, 0.4) is 0 Å². The molecule has 0 saturated carbocycles. The van der Waals surface area contributed by atoms with Crippen molar-refractivity contribution >= 4 is 32.6 Å². The Morgan fingerprint density at radius 3 is 2.88 bits per heavy atom. The number of thiazole rings is 1. The normalized spacial score (nSPS) is 15.2. The van der Waals surface area contributed by atoms with Crippen LogP contribution in [-0.2, 0) is 11.3 Å².